The lowest BCUT2D eigenvalue weighted by Crippen LogP contribution is -2.38. The molecule has 0 bridgehead atoms. The monoisotopic (exact) mass is 375 g/mol. The number of anilines is 1. The maximum Gasteiger partial charge on any atom is 0.257 e. The zero-order valence-electron chi connectivity index (χ0n) is 15.5. The quantitative estimate of drug-likeness (QED) is 0.594. The van der Waals surface area contributed by atoms with Gasteiger partial charge in [0.2, 0.25) is 11.8 Å². The summed E-state index contributed by atoms with van der Waals surface area (Å²) in [6.45, 7) is 8.38. The van der Waals surface area contributed by atoms with Crippen LogP contribution in [0, 0.1) is 5.92 Å². The van der Waals surface area contributed by atoms with Crippen LogP contribution in [0.1, 0.15) is 27.7 Å². The van der Waals surface area contributed by atoms with Crippen molar-refractivity contribution in [3.63, 3.8) is 0 Å². The normalized spacial score (nSPS) is 11.2. The van der Waals surface area contributed by atoms with E-state index in [9.17, 15) is 14.7 Å². The number of para-hydroxylation sites is 1. The highest BCUT2D eigenvalue weighted by atomic mass is 32.2. The van der Waals surface area contributed by atoms with Gasteiger partial charge in [-0.2, -0.15) is 4.98 Å². The SMILES string of the molecule is CC(C)Cn1c(SCC(=O)N(c2ccccc2)C(C)C)nc(O)cc1=O. The Bertz CT molecular complexity index is 803. The minimum Gasteiger partial charge on any atom is -0.493 e. The Morgan fingerprint density at radius 2 is 1.88 bits per heavy atom. The van der Waals surface area contributed by atoms with E-state index in [0.29, 0.717) is 11.7 Å². The average Bonchev–Trinajstić information content (AvgIpc) is 2.56. The van der Waals surface area contributed by atoms with E-state index in [4.69, 9.17) is 0 Å². The molecule has 7 heteroatoms. The molecule has 0 saturated carbocycles. The maximum atomic E-state index is 12.8. The zero-order valence-corrected chi connectivity index (χ0v) is 16.4. The molecule has 0 aliphatic heterocycles. The molecule has 6 nitrogen and oxygen atoms in total. The van der Waals surface area contributed by atoms with Crippen molar-refractivity contribution >= 4 is 23.4 Å². The van der Waals surface area contributed by atoms with E-state index in [0.717, 1.165) is 11.8 Å². The second-order valence-corrected chi connectivity index (χ2v) is 7.66. The number of benzene rings is 1. The van der Waals surface area contributed by atoms with Gasteiger partial charge >= 0.3 is 0 Å². The number of amides is 1. The van der Waals surface area contributed by atoms with Gasteiger partial charge in [-0.05, 0) is 31.9 Å². The fourth-order valence-corrected chi connectivity index (χ4v) is 3.50. The lowest BCUT2D eigenvalue weighted by atomic mass is 10.2. The Morgan fingerprint density at radius 3 is 2.46 bits per heavy atom. The fourth-order valence-electron chi connectivity index (χ4n) is 2.63. The van der Waals surface area contributed by atoms with Gasteiger partial charge in [0.1, 0.15) is 0 Å². The molecule has 2 aromatic rings. The van der Waals surface area contributed by atoms with Crippen LogP contribution in [-0.2, 0) is 11.3 Å². The van der Waals surface area contributed by atoms with Gasteiger partial charge in [0.05, 0.1) is 11.8 Å². The minimum atomic E-state index is -0.325. The van der Waals surface area contributed by atoms with Crippen LogP contribution in [-0.4, -0.2) is 32.4 Å². The molecule has 0 aliphatic carbocycles. The topological polar surface area (TPSA) is 75.4 Å². The molecule has 0 atom stereocenters. The number of aromatic nitrogens is 2. The van der Waals surface area contributed by atoms with E-state index in [2.05, 4.69) is 4.98 Å². The number of hydrogen-bond acceptors (Lipinski definition) is 5. The largest absolute Gasteiger partial charge is 0.493 e. The molecule has 0 saturated heterocycles. The average molecular weight is 375 g/mol. The number of nitrogens with zero attached hydrogens (tertiary/aromatic N) is 3. The molecule has 0 aliphatic rings. The van der Waals surface area contributed by atoms with Crippen LogP contribution in [0.2, 0.25) is 0 Å². The molecule has 1 aromatic heterocycles. The summed E-state index contributed by atoms with van der Waals surface area (Å²) in [4.78, 5) is 30.7. The molecular weight excluding hydrogens is 350 g/mol. The summed E-state index contributed by atoms with van der Waals surface area (Å²) in [5.41, 5.74) is 0.515. The minimum absolute atomic E-state index is 0.000456. The van der Waals surface area contributed by atoms with Gasteiger partial charge in [0, 0.05) is 18.3 Å². The van der Waals surface area contributed by atoms with Gasteiger partial charge in [0.25, 0.3) is 5.56 Å². The fraction of sp³-hybridized carbons (Fsp3) is 0.421. The van der Waals surface area contributed by atoms with Crippen LogP contribution >= 0.6 is 11.8 Å². The number of thioether (sulfide) groups is 1. The van der Waals surface area contributed by atoms with E-state index in [-0.39, 0.29) is 35.1 Å². The second-order valence-electron chi connectivity index (χ2n) is 6.72. The molecule has 0 unspecified atom stereocenters. The first-order valence-electron chi connectivity index (χ1n) is 8.60. The van der Waals surface area contributed by atoms with Crippen LogP contribution in [0.25, 0.3) is 0 Å². The Labute approximate surface area is 157 Å². The molecule has 1 N–H and O–H groups in total. The van der Waals surface area contributed by atoms with Gasteiger partial charge in [-0.15, -0.1) is 0 Å². The molecule has 0 radical (unpaired) electrons. The highest BCUT2D eigenvalue weighted by molar-refractivity contribution is 7.99. The van der Waals surface area contributed by atoms with Crippen LogP contribution in [0.3, 0.4) is 0 Å². The smallest absolute Gasteiger partial charge is 0.257 e. The molecule has 1 amide bonds. The zero-order chi connectivity index (χ0) is 19.3. The van der Waals surface area contributed by atoms with Gasteiger partial charge in [-0.1, -0.05) is 43.8 Å². The first kappa shape index (κ1) is 20.0. The van der Waals surface area contributed by atoms with Crippen molar-refractivity contribution < 1.29 is 9.90 Å². The van der Waals surface area contributed by atoms with Crippen LogP contribution in [0.15, 0.2) is 46.3 Å². The van der Waals surface area contributed by atoms with Crippen molar-refractivity contribution in [3.05, 3.63) is 46.8 Å². The van der Waals surface area contributed by atoms with E-state index in [1.165, 1.54) is 16.3 Å². The van der Waals surface area contributed by atoms with Crippen molar-refractivity contribution in [1.82, 2.24) is 9.55 Å². The van der Waals surface area contributed by atoms with Gasteiger partial charge in [-0.25, -0.2) is 0 Å². The number of carbonyl (C=O) groups excluding carboxylic acids is 1. The lowest BCUT2D eigenvalue weighted by Gasteiger charge is -2.27. The number of carbonyl (C=O) groups is 1. The Kier molecular flexibility index (Phi) is 6.85. The number of hydrogen-bond donors (Lipinski definition) is 1. The number of rotatable bonds is 7. The molecule has 2 rings (SSSR count). The highest BCUT2D eigenvalue weighted by Crippen LogP contribution is 2.22. The Hall–Kier alpha value is -2.28. The Morgan fingerprint density at radius 1 is 1.23 bits per heavy atom. The van der Waals surface area contributed by atoms with Crippen molar-refractivity contribution in [2.75, 3.05) is 10.7 Å². The van der Waals surface area contributed by atoms with Crippen LogP contribution < -0.4 is 10.5 Å². The van der Waals surface area contributed by atoms with Crippen molar-refractivity contribution in [1.29, 1.82) is 0 Å². The Balaban J connectivity index is 2.22. The molecule has 0 fully saturated rings. The molecule has 1 aromatic carbocycles. The molecular formula is C19H25N3O3S. The van der Waals surface area contributed by atoms with Crippen molar-refractivity contribution in [2.45, 2.75) is 45.4 Å². The predicted octanol–water partition coefficient (Wildman–Crippen LogP) is 3.14. The third kappa shape index (κ3) is 5.11. The molecule has 26 heavy (non-hydrogen) atoms. The van der Waals surface area contributed by atoms with E-state index < -0.39 is 0 Å². The van der Waals surface area contributed by atoms with Gasteiger partial charge < -0.3 is 10.0 Å². The maximum absolute atomic E-state index is 12.8. The van der Waals surface area contributed by atoms with Crippen LogP contribution in [0.5, 0.6) is 5.88 Å². The van der Waals surface area contributed by atoms with Crippen molar-refractivity contribution in [2.24, 2.45) is 5.92 Å². The van der Waals surface area contributed by atoms with Gasteiger partial charge in [0.15, 0.2) is 5.16 Å². The molecule has 140 valence electrons. The summed E-state index contributed by atoms with van der Waals surface area (Å²) >= 11 is 1.17. The standard InChI is InChI=1S/C19H25N3O3S/c1-13(2)11-21-17(24)10-16(23)20-19(21)26-12-18(25)22(14(3)4)15-8-6-5-7-9-15/h5-10,13-14,23H,11-12H2,1-4H3. The summed E-state index contributed by atoms with van der Waals surface area (Å²) in [6, 6.07) is 10.6. The molecule has 0 spiro atoms. The third-order valence-corrected chi connectivity index (χ3v) is 4.61. The second kappa shape index (κ2) is 8.89. The summed E-state index contributed by atoms with van der Waals surface area (Å²) < 4.78 is 1.50. The summed E-state index contributed by atoms with van der Waals surface area (Å²) in [6.07, 6.45) is 0. The molecule has 1 heterocycles. The first-order chi connectivity index (χ1) is 12.3. The van der Waals surface area contributed by atoms with E-state index >= 15 is 0 Å². The van der Waals surface area contributed by atoms with Gasteiger partial charge in [-0.3, -0.25) is 14.2 Å². The van der Waals surface area contributed by atoms with Crippen molar-refractivity contribution in [3.8, 4) is 5.88 Å². The third-order valence-electron chi connectivity index (χ3n) is 3.65. The summed E-state index contributed by atoms with van der Waals surface area (Å²) in [5, 5.41) is 10.0. The number of aromatic hydroxyl groups is 1. The highest BCUT2D eigenvalue weighted by Gasteiger charge is 2.20. The summed E-state index contributed by atoms with van der Waals surface area (Å²) in [5.74, 6) is -0.0367. The van der Waals surface area contributed by atoms with E-state index in [1.54, 1.807) is 4.90 Å². The predicted molar refractivity (Wildman–Crippen MR) is 105 cm³/mol. The van der Waals surface area contributed by atoms with E-state index in [1.807, 2.05) is 58.0 Å². The first-order valence-corrected chi connectivity index (χ1v) is 9.59. The van der Waals surface area contributed by atoms with Crippen LogP contribution in [0.4, 0.5) is 5.69 Å². The summed E-state index contributed by atoms with van der Waals surface area (Å²) in [7, 11) is 0. The lowest BCUT2D eigenvalue weighted by molar-refractivity contribution is -0.116.